The summed E-state index contributed by atoms with van der Waals surface area (Å²) in [7, 11) is 0. The van der Waals surface area contributed by atoms with Crippen molar-refractivity contribution in [3.05, 3.63) is 0 Å². The first-order valence-electron chi connectivity index (χ1n) is 5.95. The highest BCUT2D eigenvalue weighted by Crippen LogP contribution is 2.21. The van der Waals surface area contributed by atoms with Crippen molar-refractivity contribution in [1.29, 1.82) is 0 Å². The van der Waals surface area contributed by atoms with Crippen LogP contribution in [0.25, 0.3) is 0 Å². The average molecular weight is 197 g/mol. The van der Waals surface area contributed by atoms with Crippen molar-refractivity contribution in [2.45, 2.75) is 64.8 Å². The molecule has 0 aromatic rings. The van der Waals surface area contributed by atoms with Crippen molar-refractivity contribution in [1.82, 2.24) is 5.32 Å². The monoisotopic (exact) mass is 197 g/mol. The summed E-state index contributed by atoms with van der Waals surface area (Å²) < 4.78 is 0. The summed E-state index contributed by atoms with van der Waals surface area (Å²) in [5.41, 5.74) is 0. The molecule has 1 amide bonds. The first-order chi connectivity index (χ1) is 6.68. The molecule has 14 heavy (non-hydrogen) atoms. The fourth-order valence-corrected chi connectivity index (χ4v) is 2.32. The third-order valence-electron chi connectivity index (χ3n) is 3.16. The van der Waals surface area contributed by atoms with Crippen LogP contribution in [0.15, 0.2) is 0 Å². The van der Waals surface area contributed by atoms with Gasteiger partial charge in [-0.15, -0.1) is 0 Å². The van der Waals surface area contributed by atoms with Crippen molar-refractivity contribution in [3.8, 4) is 0 Å². The zero-order valence-electron chi connectivity index (χ0n) is 9.51. The van der Waals surface area contributed by atoms with Crippen molar-refractivity contribution < 1.29 is 4.79 Å². The predicted octanol–water partition coefficient (Wildman–Crippen LogP) is 2.87. The average Bonchev–Trinajstić information content (AvgIpc) is 2.18. The van der Waals surface area contributed by atoms with Gasteiger partial charge in [0.15, 0.2) is 0 Å². The molecule has 2 nitrogen and oxygen atoms in total. The second-order valence-electron chi connectivity index (χ2n) is 4.72. The summed E-state index contributed by atoms with van der Waals surface area (Å²) in [5.74, 6) is 1.01. The molecule has 0 aromatic carbocycles. The Morgan fingerprint density at radius 2 is 1.64 bits per heavy atom. The first kappa shape index (κ1) is 11.5. The molecule has 0 spiro atoms. The molecule has 1 saturated carbocycles. The van der Waals surface area contributed by atoms with Gasteiger partial charge < -0.3 is 5.32 Å². The Hall–Kier alpha value is -0.530. The number of hydrogen-bond acceptors (Lipinski definition) is 1. The first-order valence-corrected chi connectivity index (χ1v) is 5.95. The van der Waals surface area contributed by atoms with Crippen molar-refractivity contribution in [2.75, 3.05) is 0 Å². The third kappa shape index (κ3) is 4.64. The van der Waals surface area contributed by atoms with Crippen LogP contribution in [0.3, 0.4) is 0 Å². The van der Waals surface area contributed by atoms with Crippen LogP contribution in [-0.2, 0) is 4.79 Å². The van der Waals surface area contributed by atoms with Crippen LogP contribution in [0.2, 0.25) is 0 Å². The van der Waals surface area contributed by atoms with E-state index in [4.69, 9.17) is 0 Å². The minimum absolute atomic E-state index is 0.127. The SMILES string of the molecule is CC(=O)NC1CCCCC(C)CCC1. The van der Waals surface area contributed by atoms with E-state index in [2.05, 4.69) is 12.2 Å². The van der Waals surface area contributed by atoms with Gasteiger partial charge >= 0.3 is 0 Å². The van der Waals surface area contributed by atoms with Gasteiger partial charge in [-0.2, -0.15) is 0 Å². The summed E-state index contributed by atoms with van der Waals surface area (Å²) in [6.45, 7) is 3.97. The maximum Gasteiger partial charge on any atom is 0.217 e. The van der Waals surface area contributed by atoms with Gasteiger partial charge in [0, 0.05) is 13.0 Å². The second kappa shape index (κ2) is 6.05. The Kier molecular flexibility index (Phi) is 4.99. The molecule has 1 fully saturated rings. The highest BCUT2D eigenvalue weighted by molar-refractivity contribution is 5.73. The molecule has 0 aromatic heterocycles. The lowest BCUT2D eigenvalue weighted by molar-refractivity contribution is -0.119. The van der Waals surface area contributed by atoms with Crippen molar-refractivity contribution >= 4 is 5.91 Å². The molecule has 0 aliphatic heterocycles. The zero-order valence-corrected chi connectivity index (χ0v) is 9.51. The molecule has 1 rings (SSSR count). The minimum atomic E-state index is 0.127. The normalized spacial score (nSPS) is 29.9. The van der Waals surface area contributed by atoms with Crippen LogP contribution in [-0.4, -0.2) is 11.9 Å². The quantitative estimate of drug-likeness (QED) is 0.688. The molecular formula is C12H23NO. The molecule has 2 heteroatoms. The van der Waals surface area contributed by atoms with Gasteiger partial charge in [0.1, 0.15) is 0 Å². The summed E-state index contributed by atoms with van der Waals surface area (Å²) in [5, 5.41) is 3.05. The maximum absolute atomic E-state index is 10.9. The van der Waals surface area contributed by atoms with Gasteiger partial charge in [-0.25, -0.2) is 0 Å². The van der Waals surface area contributed by atoms with Crippen LogP contribution in [0, 0.1) is 5.92 Å². The fourth-order valence-electron chi connectivity index (χ4n) is 2.32. The van der Waals surface area contributed by atoms with E-state index in [9.17, 15) is 4.79 Å². The summed E-state index contributed by atoms with van der Waals surface area (Å²) in [6, 6.07) is 0.442. The predicted molar refractivity (Wildman–Crippen MR) is 59.1 cm³/mol. The molecule has 2 atom stereocenters. The smallest absolute Gasteiger partial charge is 0.217 e. The molecule has 0 heterocycles. The van der Waals surface area contributed by atoms with Crippen LogP contribution >= 0.6 is 0 Å². The van der Waals surface area contributed by atoms with E-state index in [0.29, 0.717) is 6.04 Å². The molecule has 1 N–H and O–H groups in total. The lowest BCUT2D eigenvalue weighted by atomic mass is 9.99. The van der Waals surface area contributed by atoms with E-state index < -0.39 is 0 Å². The number of nitrogens with one attached hydrogen (secondary N) is 1. The Labute approximate surface area is 87.5 Å². The molecule has 0 bridgehead atoms. The number of rotatable bonds is 1. The molecule has 1 aliphatic carbocycles. The largest absolute Gasteiger partial charge is 0.354 e. The minimum Gasteiger partial charge on any atom is -0.354 e. The van der Waals surface area contributed by atoms with Gasteiger partial charge in [0.25, 0.3) is 0 Å². The highest BCUT2D eigenvalue weighted by Gasteiger charge is 2.13. The zero-order chi connectivity index (χ0) is 10.4. The fraction of sp³-hybridized carbons (Fsp3) is 0.917. The van der Waals surface area contributed by atoms with Gasteiger partial charge in [-0.1, -0.05) is 39.0 Å². The third-order valence-corrected chi connectivity index (χ3v) is 3.16. The Balaban J connectivity index is 2.33. The molecule has 1 aliphatic rings. The number of carbonyl (C=O) groups excluding carboxylic acids is 1. The van der Waals surface area contributed by atoms with Gasteiger partial charge in [-0.05, 0) is 18.8 Å². The Morgan fingerprint density at radius 1 is 1.07 bits per heavy atom. The van der Waals surface area contributed by atoms with Crippen LogP contribution < -0.4 is 5.32 Å². The number of amides is 1. The number of carbonyl (C=O) groups is 1. The van der Waals surface area contributed by atoms with Crippen LogP contribution in [0.4, 0.5) is 0 Å². The van der Waals surface area contributed by atoms with E-state index in [1.165, 1.54) is 44.9 Å². The second-order valence-corrected chi connectivity index (χ2v) is 4.72. The van der Waals surface area contributed by atoms with E-state index in [0.717, 1.165) is 5.92 Å². The van der Waals surface area contributed by atoms with Crippen LogP contribution in [0.5, 0.6) is 0 Å². The van der Waals surface area contributed by atoms with Gasteiger partial charge in [0.05, 0.1) is 0 Å². The topological polar surface area (TPSA) is 29.1 Å². The highest BCUT2D eigenvalue weighted by atomic mass is 16.1. The van der Waals surface area contributed by atoms with Crippen LogP contribution in [0.1, 0.15) is 58.8 Å². The Morgan fingerprint density at radius 3 is 2.36 bits per heavy atom. The lowest BCUT2D eigenvalue weighted by Gasteiger charge is -2.16. The maximum atomic E-state index is 10.9. The summed E-state index contributed by atoms with van der Waals surface area (Å²) >= 11 is 0. The molecule has 2 unspecified atom stereocenters. The molecule has 0 radical (unpaired) electrons. The van der Waals surface area contributed by atoms with E-state index in [1.54, 1.807) is 6.92 Å². The van der Waals surface area contributed by atoms with Crippen molar-refractivity contribution in [2.24, 2.45) is 5.92 Å². The van der Waals surface area contributed by atoms with Gasteiger partial charge in [-0.3, -0.25) is 4.79 Å². The lowest BCUT2D eigenvalue weighted by Crippen LogP contribution is -2.32. The van der Waals surface area contributed by atoms with E-state index in [1.807, 2.05) is 0 Å². The van der Waals surface area contributed by atoms with Gasteiger partial charge in [0.2, 0.25) is 5.91 Å². The molecule has 0 saturated heterocycles. The molecule has 82 valence electrons. The Bertz CT molecular complexity index is 179. The number of hydrogen-bond donors (Lipinski definition) is 1. The van der Waals surface area contributed by atoms with Crippen molar-refractivity contribution in [3.63, 3.8) is 0 Å². The standard InChI is InChI=1S/C12H23NO/c1-10-6-3-4-8-12(9-5-7-10)13-11(2)14/h10,12H,3-9H2,1-2H3,(H,13,14). The van der Waals surface area contributed by atoms with E-state index in [-0.39, 0.29) is 5.91 Å². The van der Waals surface area contributed by atoms with E-state index >= 15 is 0 Å². The summed E-state index contributed by atoms with van der Waals surface area (Å²) in [4.78, 5) is 10.9. The molecular weight excluding hydrogens is 174 g/mol. The summed E-state index contributed by atoms with van der Waals surface area (Å²) in [6.07, 6.45) is 8.91.